The van der Waals surface area contributed by atoms with Gasteiger partial charge in [-0.1, -0.05) is 11.2 Å². The van der Waals surface area contributed by atoms with Crippen LogP contribution in [-0.4, -0.2) is 34.3 Å². The van der Waals surface area contributed by atoms with E-state index >= 15 is 0 Å². The largest absolute Gasteiger partial charge is 0.354 e. The zero-order valence-electron chi connectivity index (χ0n) is 12.6. The summed E-state index contributed by atoms with van der Waals surface area (Å²) in [5, 5.41) is 6.09. The number of hydrogen-bond donors (Lipinski definition) is 1. The summed E-state index contributed by atoms with van der Waals surface area (Å²) in [5.74, 6) is 1.97. The van der Waals surface area contributed by atoms with E-state index in [0.717, 1.165) is 42.2 Å². The van der Waals surface area contributed by atoms with Gasteiger partial charge in [0.1, 0.15) is 5.82 Å². The van der Waals surface area contributed by atoms with Crippen LogP contribution in [0.5, 0.6) is 0 Å². The molecule has 118 valence electrons. The Morgan fingerprint density at radius 3 is 3.09 bits per heavy atom. The van der Waals surface area contributed by atoms with E-state index in [0.29, 0.717) is 11.7 Å². The van der Waals surface area contributed by atoms with Crippen molar-refractivity contribution in [2.75, 3.05) is 18.0 Å². The Labute approximate surface area is 138 Å². The molecule has 3 aromatic rings. The summed E-state index contributed by atoms with van der Waals surface area (Å²) in [6, 6.07) is 7.99. The number of anilines is 1. The number of nitrogens with two attached hydrogens (primary N) is 1. The number of nitrogens with zero attached hydrogens (tertiary/aromatic N) is 4. The minimum Gasteiger partial charge on any atom is -0.354 e. The molecular weight excluding hydrogens is 310 g/mol. The predicted octanol–water partition coefficient (Wildman–Crippen LogP) is 2.79. The van der Waals surface area contributed by atoms with Crippen LogP contribution < -0.4 is 10.6 Å². The van der Waals surface area contributed by atoms with Gasteiger partial charge in [-0.25, -0.2) is 4.98 Å². The van der Waals surface area contributed by atoms with E-state index in [9.17, 15) is 0 Å². The molecule has 1 aliphatic heterocycles. The molecule has 3 aromatic heterocycles. The van der Waals surface area contributed by atoms with Crippen molar-refractivity contribution in [3.05, 3.63) is 35.8 Å². The van der Waals surface area contributed by atoms with E-state index in [4.69, 9.17) is 10.3 Å². The van der Waals surface area contributed by atoms with Gasteiger partial charge in [0.15, 0.2) is 0 Å². The maximum Gasteiger partial charge on any atom is 0.262 e. The molecule has 0 aliphatic carbocycles. The first-order valence-electron chi connectivity index (χ1n) is 7.65. The molecule has 4 rings (SSSR count). The average Bonchev–Trinajstić information content (AvgIpc) is 3.26. The second kappa shape index (κ2) is 6.10. The van der Waals surface area contributed by atoms with Crippen molar-refractivity contribution in [3.63, 3.8) is 0 Å². The minimum absolute atomic E-state index is 0.183. The molecule has 0 spiro atoms. The number of pyridine rings is 1. The normalized spacial score (nSPS) is 18.3. The molecule has 1 atom stereocenters. The fraction of sp³-hybridized carbons (Fsp3) is 0.312. The molecule has 0 bridgehead atoms. The van der Waals surface area contributed by atoms with E-state index in [-0.39, 0.29) is 6.04 Å². The van der Waals surface area contributed by atoms with Crippen LogP contribution in [0, 0.1) is 0 Å². The lowest BCUT2D eigenvalue weighted by atomic mass is 10.1. The van der Waals surface area contributed by atoms with Crippen molar-refractivity contribution in [1.29, 1.82) is 0 Å². The maximum absolute atomic E-state index is 6.10. The molecule has 0 amide bonds. The van der Waals surface area contributed by atoms with Gasteiger partial charge >= 0.3 is 0 Å². The van der Waals surface area contributed by atoms with Crippen molar-refractivity contribution < 1.29 is 4.52 Å². The SMILES string of the molecule is NC1CCCN(c2ncccc2-c2nc(-c3cccs3)no2)C1. The number of rotatable bonds is 3. The van der Waals surface area contributed by atoms with E-state index in [1.54, 1.807) is 17.5 Å². The van der Waals surface area contributed by atoms with Crippen molar-refractivity contribution in [2.45, 2.75) is 18.9 Å². The topological polar surface area (TPSA) is 81.1 Å². The Kier molecular flexibility index (Phi) is 3.80. The number of piperidine rings is 1. The summed E-state index contributed by atoms with van der Waals surface area (Å²) in [4.78, 5) is 12.3. The van der Waals surface area contributed by atoms with E-state index in [1.165, 1.54) is 0 Å². The number of hydrogen-bond acceptors (Lipinski definition) is 7. The van der Waals surface area contributed by atoms with E-state index in [1.807, 2.05) is 29.6 Å². The van der Waals surface area contributed by atoms with Crippen LogP contribution in [0.1, 0.15) is 12.8 Å². The Hall–Kier alpha value is -2.25. The molecule has 0 saturated carbocycles. The minimum atomic E-state index is 0.183. The molecule has 0 radical (unpaired) electrons. The van der Waals surface area contributed by atoms with Crippen LogP contribution in [0.15, 0.2) is 40.4 Å². The molecule has 6 nitrogen and oxygen atoms in total. The standard InChI is InChI=1S/C16H17N5OS/c17-11-4-2-8-21(10-11)15-12(5-1-7-18-15)16-19-14(20-22-16)13-6-3-9-23-13/h1,3,5-7,9,11H,2,4,8,10,17H2. The fourth-order valence-corrected chi connectivity index (χ4v) is 3.51. The van der Waals surface area contributed by atoms with Crippen LogP contribution in [0.4, 0.5) is 5.82 Å². The highest BCUT2D eigenvalue weighted by Gasteiger charge is 2.23. The van der Waals surface area contributed by atoms with Gasteiger partial charge in [0.2, 0.25) is 5.82 Å². The lowest BCUT2D eigenvalue weighted by molar-refractivity contribution is 0.432. The molecule has 0 aromatic carbocycles. The van der Waals surface area contributed by atoms with Crippen molar-refractivity contribution >= 4 is 17.2 Å². The van der Waals surface area contributed by atoms with E-state index in [2.05, 4.69) is 20.0 Å². The first kappa shape index (κ1) is 14.3. The van der Waals surface area contributed by atoms with Gasteiger partial charge in [0.25, 0.3) is 5.89 Å². The van der Waals surface area contributed by atoms with Crippen LogP contribution in [0.3, 0.4) is 0 Å². The first-order chi connectivity index (χ1) is 11.3. The lowest BCUT2D eigenvalue weighted by Crippen LogP contribution is -2.43. The Morgan fingerprint density at radius 2 is 2.26 bits per heavy atom. The molecule has 23 heavy (non-hydrogen) atoms. The quantitative estimate of drug-likeness (QED) is 0.796. The van der Waals surface area contributed by atoms with Gasteiger partial charge < -0.3 is 15.2 Å². The third-order valence-corrected chi connectivity index (χ3v) is 4.81. The smallest absolute Gasteiger partial charge is 0.262 e. The molecule has 1 saturated heterocycles. The Balaban J connectivity index is 1.69. The highest BCUT2D eigenvalue weighted by atomic mass is 32.1. The summed E-state index contributed by atoms with van der Waals surface area (Å²) in [6.07, 6.45) is 3.92. The van der Waals surface area contributed by atoms with Gasteiger partial charge in [-0.15, -0.1) is 11.3 Å². The summed E-state index contributed by atoms with van der Waals surface area (Å²) in [5.41, 5.74) is 6.96. The van der Waals surface area contributed by atoms with Crippen molar-refractivity contribution in [2.24, 2.45) is 5.73 Å². The highest BCUT2D eigenvalue weighted by molar-refractivity contribution is 7.13. The Morgan fingerprint density at radius 1 is 1.30 bits per heavy atom. The van der Waals surface area contributed by atoms with Crippen LogP contribution in [0.2, 0.25) is 0 Å². The average molecular weight is 327 g/mol. The molecule has 7 heteroatoms. The number of aromatic nitrogens is 3. The van der Waals surface area contributed by atoms with Gasteiger partial charge in [0.05, 0.1) is 10.4 Å². The zero-order chi connectivity index (χ0) is 15.6. The lowest BCUT2D eigenvalue weighted by Gasteiger charge is -2.32. The summed E-state index contributed by atoms with van der Waals surface area (Å²) < 4.78 is 5.48. The Bertz CT molecular complexity index is 785. The van der Waals surface area contributed by atoms with Crippen molar-refractivity contribution in [1.82, 2.24) is 15.1 Å². The summed E-state index contributed by atoms with van der Waals surface area (Å²) >= 11 is 1.59. The summed E-state index contributed by atoms with van der Waals surface area (Å²) in [7, 11) is 0. The zero-order valence-corrected chi connectivity index (χ0v) is 13.4. The van der Waals surface area contributed by atoms with Crippen LogP contribution in [-0.2, 0) is 0 Å². The third-order valence-electron chi connectivity index (χ3n) is 3.94. The third kappa shape index (κ3) is 2.85. The van der Waals surface area contributed by atoms with Crippen molar-refractivity contribution in [3.8, 4) is 22.2 Å². The molecule has 1 aliphatic rings. The van der Waals surface area contributed by atoms with Crippen LogP contribution in [0.25, 0.3) is 22.2 Å². The van der Waals surface area contributed by atoms with Crippen LogP contribution >= 0.6 is 11.3 Å². The highest BCUT2D eigenvalue weighted by Crippen LogP contribution is 2.31. The maximum atomic E-state index is 6.10. The number of thiophene rings is 1. The molecule has 1 unspecified atom stereocenters. The predicted molar refractivity (Wildman–Crippen MR) is 90.3 cm³/mol. The second-order valence-corrected chi connectivity index (χ2v) is 6.57. The van der Waals surface area contributed by atoms with Gasteiger partial charge in [-0.05, 0) is 36.4 Å². The molecule has 4 heterocycles. The molecule has 2 N–H and O–H groups in total. The molecular formula is C16H17N5OS. The summed E-state index contributed by atoms with van der Waals surface area (Å²) in [6.45, 7) is 1.75. The fourth-order valence-electron chi connectivity index (χ4n) is 2.86. The van der Waals surface area contributed by atoms with E-state index < -0.39 is 0 Å². The second-order valence-electron chi connectivity index (χ2n) is 5.62. The molecule has 1 fully saturated rings. The monoisotopic (exact) mass is 327 g/mol. The van der Waals surface area contributed by atoms with Gasteiger partial charge in [-0.3, -0.25) is 0 Å². The van der Waals surface area contributed by atoms with Gasteiger partial charge in [0, 0.05) is 25.3 Å². The first-order valence-corrected chi connectivity index (χ1v) is 8.53. The van der Waals surface area contributed by atoms with Gasteiger partial charge in [-0.2, -0.15) is 4.98 Å².